The second-order valence-corrected chi connectivity index (χ2v) is 2.53. The zero-order chi connectivity index (χ0) is 8.27. The molecule has 0 aromatic heterocycles. The van der Waals surface area contributed by atoms with Crippen LogP contribution in [-0.2, 0) is 0 Å². The molecule has 1 aromatic carbocycles. The third-order valence-corrected chi connectivity index (χ3v) is 1.58. The van der Waals surface area contributed by atoms with Gasteiger partial charge in [-0.2, -0.15) is 0 Å². The smallest absolute Gasteiger partial charge is 0.127 e. The summed E-state index contributed by atoms with van der Waals surface area (Å²) in [5.41, 5.74) is 0.627. The van der Waals surface area contributed by atoms with Crippen LogP contribution in [0.4, 0.5) is 4.39 Å². The molecule has 0 radical (unpaired) electrons. The first-order valence-corrected chi connectivity index (χ1v) is 3.59. The highest BCUT2D eigenvalue weighted by Crippen LogP contribution is 2.17. The van der Waals surface area contributed by atoms with Crippen molar-refractivity contribution in [2.24, 2.45) is 0 Å². The van der Waals surface area contributed by atoms with Crippen LogP contribution in [0.2, 0.25) is 0 Å². The third kappa shape index (κ3) is 2.02. The fourth-order valence-electron chi connectivity index (χ4n) is 0.915. The minimum Gasteiger partial charge on any atom is -0.385 e. The van der Waals surface area contributed by atoms with Gasteiger partial charge in [0.25, 0.3) is 0 Å². The fraction of sp³-hybridized carbons (Fsp3) is 0.333. The summed E-state index contributed by atoms with van der Waals surface area (Å²) in [6, 6.07) is 8.81. The predicted molar refractivity (Wildman–Crippen MR) is 42.0 cm³/mol. The van der Waals surface area contributed by atoms with Gasteiger partial charge in [-0.25, -0.2) is 4.39 Å². The molecule has 60 valence electrons. The maximum absolute atomic E-state index is 12.5. The van der Waals surface area contributed by atoms with Gasteiger partial charge in [0, 0.05) is 0 Å². The molecule has 0 spiro atoms. The molecule has 0 aliphatic rings. The van der Waals surface area contributed by atoms with E-state index in [9.17, 15) is 9.50 Å². The monoisotopic (exact) mass is 154 g/mol. The molecule has 2 heteroatoms. The summed E-state index contributed by atoms with van der Waals surface area (Å²) in [5, 5.41) is 9.22. The lowest BCUT2D eigenvalue weighted by Crippen LogP contribution is -2.08. The molecule has 0 bridgehead atoms. The van der Waals surface area contributed by atoms with E-state index in [0.29, 0.717) is 5.56 Å². The van der Waals surface area contributed by atoms with E-state index in [-0.39, 0.29) is 0 Å². The molecule has 1 aromatic rings. The van der Waals surface area contributed by atoms with Crippen LogP contribution in [0.25, 0.3) is 0 Å². The van der Waals surface area contributed by atoms with Crippen LogP contribution < -0.4 is 0 Å². The van der Waals surface area contributed by atoms with Gasteiger partial charge >= 0.3 is 0 Å². The van der Waals surface area contributed by atoms with Gasteiger partial charge in [-0.1, -0.05) is 30.3 Å². The third-order valence-electron chi connectivity index (χ3n) is 1.58. The Balaban J connectivity index is 2.77. The molecule has 0 amide bonds. The first kappa shape index (κ1) is 8.21. The minimum absolute atomic E-state index is 0.627. The molecule has 1 nitrogen and oxygen atoms in total. The van der Waals surface area contributed by atoms with Crippen molar-refractivity contribution in [2.75, 3.05) is 0 Å². The second-order valence-electron chi connectivity index (χ2n) is 2.53. The zero-order valence-electron chi connectivity index (χ0n) is 6.37. The Morgan fingerprint density at radius 2 is 1.82 bits per heavy atom. The lowest BCUT2D eigenvalue weighted by molar-refractivity contribution is 0.0883. The van der Waals surface area contributed by atoms with Crippen molar-refractivity contribution in [1.29, 1.82) is 0 Å². The highest BCUT2D eigenvalue weighted by atomic mass is 19.1. The van der Waals surface area contributed by atoms with Crippen LogP contribution in [0.3, 0.4) is 0 Å². The average Bonchev–Trinajstić information content (AvgIpc) is 2.05. The summed E-state index contributed by atoms with van der Waals surface area (Å²) >= 11 is 0. The maximum atomic E-state index is 12.5. The second kappa shape index (κ2) is 3.49. The van der Waals surface area contributed by atoms with Gasteiger partial charge in [0.15, 0.2) is 0 Å². The maximum Gasteiger partial charge on any atom is 0.127 e. The van der Waals surface area contributed by atoms with E-state index in [2.05, 4.69) is 0 Å². The number of alkyl halides is 1. The van der Waals surface area contributed by atoms with Crippen LogP contribution in [0, 0.1) is 0 Å². The number of halogens is 1. The highest BCUT2D eigenvalue weighted by molar-refractivity contribution is 5.17. The zero-order valence-corrected chi connectivity index (χ0v) is 6.37. The van der Waals surface area contributed by atoms with Crippen LogP contribution in [0.1, 0.15) is 18.6 Å². The highest BCUT2D eigenvalue weighted by Gasteiger charge is 2.13. The van der Waals surface area contributed by atoms with E-state index in [4.69, 9.17) is 0 Å². The van der Waals surface area contributed by atoms with Gasteiger partial charge in [0.2, 0.25) is 0 Å². The Morgan fingerprint density at radius 1 is 1.27 bits per heavy atom. The first-order chi connectivity index (χ1) is 5.22. The van der Waals surface area contributed by atoms with Gasteiger partial charge < -0.3 is 5.11 Å². The number of benzene rings is 1. The van der Waals surface area contributed by atoms with Gasteiger partial charge in [-0.05, 0) is 12.5 Å². The molecule has 2 atom stereocenters. The van der Waals surface area contributed by atoms with Crippen molar-refractivity contribution in [1.82, 2.24) is 0 Å². The summed E-state index contributed by atoms with van der Waals surface area (Å²) in [7, 11) is 0. The molecule has 0 saturated carbocycles. The van der Waals surface area contributed by atoms with Crippen LogP contribution in [0.15, 0.2) is 30.3 Å². The molecule has 0 unspecified atom stereocenters. The van der Waals surface area contributed by atoms with E-state index < -0.39 is 12.3 Å². The van der Waals surface area contributed by atoms with Gasteiger partial charge in [-0.15, -0.1) is 0 Å². The molecule has 0 aliphatic carbocycles. The van der Waals surface area contributed by atoms with Crippen LogP contribution in [-0.4, -0.2) is 11.3 Å². The van der Waals surface area contributed by atoms with Crippen molar-refractivity contribution in [3.05, 3.63) is 35.9 Å². The van der Waals surface area contributed by atoms with Gasteiger partial charge in [0.05, 0.1) is 0 Å². The quantitative estimate of drug-likeness (QED) is 0.691. The number of aliphatic hydroxyl groups excluding tert-OH is 1. The van der Waals surface area contributed by atoms with Crippen molar-refractivity contribution in [3.63, 3.8) is 0 Å². The van der Waals surface area contributed by atoms with E-state index in [0.717, 1.165) is 0 Å². The average molecular weight is 154 g/mol. The lowest BCUT2D eigenvalue weighted by atomic mass is 10.1. The Hall–Kier alpha value is -0.890. The van der Waals surface area contributed by atoms with Crippen molar-refractivity contribution in [2.45, 2.75) is 19.2 Å². The molecule has 0 fully saturated rings. The van der Waals surface area contributed by atoms with Crippen molar-refractivity contribution in [3.8, 4) is 0 Å². The Labute approximate surface area is 65.5 Å². The minimum atomic E-state index is -1.21. The SMILES string of the molecule is C[C@@H](F)[C@H](O)c1ccccc1. The Kier molecular flexibility index (Phi) is 2.60. The van der Waals surface area contributed by atoms with E-state index in [1.165, 1.54) is 6.92 Å². The number of hydrogen-bond acceptors (Lipinski definition) is 1. The van der Waals surface area contributed by atoms with Crippen molar-refractivity contribution < 1.29 is 9.50 Å². The largest absolute Gasteiger partial charge is 0.385 e. The van der Waals surface area contributed by atoms with Gasteiger partial charge in [0.1, 0.15) is 12.3 Å². The summed E-state index contributed by atoms with van der Waals surface area (Å²) in [6.45, 7) is 1.34. The number of hydrogen-bond donors (Lipinski definition) is 1. The Morgan fingerprint density at radius 3 is 2.27 bits per heavy atom. The molecular formula is C9H11FO. The van der Waals surface area contributed by atoms with E-state index in [1.54, 1.807) is 24.3 Å². The summed E-state index contributed by atoms with van der Waals surface area (Å²) < 4.78 is 12.5. The predicted octanol–water partition coefficient (Wildman–Crippen LogP) is 2.08. The molecule has 11 heavy (non-hydrogen) atoms. The normalized spacial score (nSPS) is 15.9. The van der Waals surface area contributed by atoms with Crippen LogP contribution >= 0.6 is 0 Å². The standard InChI is InChI=1S/C9H11FO/c1-7(10)9(11)8-5-3-2-4-6-8/h2-7,9,11H,1H3/t7-,9+/m1/s1. The van der Waals surface area contributed by atoms with Gasteiger partial charge in [-0.3, -0.25) is 0 Å². The first-order valence-electron chi connectivity index (χ1n) is 3.59. The van der Waals surface area contributed by atoms with Crippen molar-refractivity contribution >= 4 is 0 Å². The molecule has 0 aliphatic heterocycles. The molecule has 0 saturated heterocycles. The number of aliphatic hydroxyl groups is 1. The molecular weight excluding hydrogens is 143 g/mol. The molecule has 1 rings (SSSR count). The Bertz CT molecular complexity index is 208. The van der Waals surface area contributed by atoms with Crippen LogP contribution in [0.5, 0.6) is 0 Å². The molecule has 0 heterocycles. The number of rotatable bonds is 2. The fourth-order valence-corrected chi connectivity index (χ4v) is 0.915. The van der Waals surface area contributed by atoms with E-state index in [1.807, 2.05) is 6.07 Å². The topological polar surface area (TPSA) is 20.2 Å². The van der Waals surface area contributed by atoms with E-state index >= 15 is 0 Å². The lowest BCUT2D eigenvalue weighted by Gasteiger charge is -2.10. The molecule has 1 N–H and O–H groups in total. The summed E-state index contributed by atoms with van der Waals surface area (Å²) in [4.78, 5) is 0. The summed E-state index contributed by atoms with van der Waals surface area (Å²) in [6.07, 6.45) is -2.20. The summed E-state index contributed by atoms with van der Waals surface area (Å²) in [5.74, 6) is 0.